The second-order valence-corrected chi connectivity index (χ2v) is 7.26. The van der Waals surface area contributed by atoms with Crippen LogP contribution < -0.4 is 5.73 Å². The van der Waals surface area contributed by atoms with Crippen molar-refractivity contribution >= 4 is 11.8 Å². The van der Waals surface area contributed by atoms with Crippen LogP contribution in [0.5, 0.6) is 0 Å². The summed E-state index contributed by atoms with van der Waals surface area (Å²) >= 11 is 2.10. The van der Waals surface area contributed by atoms with Crippen LogP contribution in [0.3, 0.4) is 0 Å². The molecular weight excluding hydrogens is 242 g/mol. The predicted octanol–water partition coefficient (Wildman–Crippen LogP) is 1.34. The molecule has 2 fully saturated rings. The summed E-state index contributed by atoms with van der Waals surface area (Å²) in [5, 5.41) is 0. The molecule has 0 saturated carbocycles. The molecule has 0 spiro atoms. The van der Waals surface area contributed by atoms with E-state index in [4.69, 9.17) is 5.73 Å². The number of hydrogen-bond acceptors (Lipinski definition) is 4. The molecule has 0 aromatic carbocycles. The Morgan fingerprint density at radius 1 is 1.33 bits per heavy atom. The molecule has 0 amide bonds. The number of piperidine rings is 1. The number of likely N-dealkylation sites (N-methyl/N-ethyl adjacent to an activating group) is 1. The van der Waals surface area contributed by atoms with Crippen LogP contribution in [-0.4, -0.2) is 67.6 Å². The van der Waals surface area contributed by atoms with Crippen molar-refractivity contribution in [2.24, 2.45) is 17.6 Å². The third kappa shape index (κ3) is 3.86. The molecule has 0 bridgehead atoms. The van der Waals surface area contributed by atoms with Gasteiger partial charge >= 0.3 is 0 Å². The smallest absolute Gasteiger partial charge is 0.0251 e. The standard InChI is InChI=1S/C14H29N3S/c1-16-6-3-12(4-7-16)10-17(2)14(9-15)13-5-8-18-11-13/h12-14H,3-11,15H2,1-2H3. The molecule has 106 valence electrons. The van der Waals surface area contributed by atoms with Crippen molar-refractivity contribution in [2.45, 2.75) is 25.3 Å². The first-order chi connectivity index (χ1) is 8.70. The van der Waals surface area contributed by atoms with E-state index in [1.807, 2.05) is 0 Å². The van der Waals surface area contributed by atoms with Gasteiger partial charge in [-0.1, -0.05) is 0 Å². The van der Waals surface area contributed by atoms with Crippen LogP contribution in [0.2, 0.25) is 0 Å². The fourth-order valence-electron chi connectivity index (χ4n) is 3.38. The van der Waals surface area contributed by atoms with Crippen molar-refractivity contribution in [2.75, 3.05) is 51.8 Å². The zero-order chi connectivity index (χ0) is 13.0. The molecule has 0 aliphatic carbocycles. The molecule has 2 saturated heterocycles. The quantitative estimate of drug-likeness (QED) is 0.818. The first kappa shape index (κ1) is 14.6. The van der Waals surface area contributed by atoms with Crippen LogP contribution in [-0.2, 0) is 0 Å². The highest BCUT2D eigenvalue weighted by atomic mass is 32.2. The topological polar surface area (TPSA) is 32.5 Å². The number of likely N-dealkylation sites (tertiary alicyclic amines) is 1. The maximum atomic E-state index is 6.02. The van der Waals surface area contributed by atoms with Gasteiger partial charge in [0.2, 0.25) is 0 Å². The molecule has 3 nitrogen and oxygen atoms in total. The molecule has 2 atom stereocenters. The van der Waals surface area contributed by atoms with Gasteiger partial charge in [-0.2, -0.15) is 11.8 Å². The Balaban J connectivity index is 1.79. The number of nitrogens with two attached hydrogens (primary N) is 1. The van der Waals surface area contributed by atoms with Gasteiger partial charge < -0.3 is 15.5 Å². The predicted molar refractivity (Wildman–Crippen MR) is 81.1 cm³/mol. The van der Waals surface area contributed by atoms with E-state index in [0.29, 0.717) is 6.04 Å². The maximum Gasteiger partial charge on any atom is 0.0251 e. The van der Waals surface area contributed by atoms with Gasteiger partial charge in [0, 0.05) is 19.1 Å². The minimum absolute atomic E-state index is 0.611. The lowest BCUT2D eigenvalue weighted by Gasteiger charge is -2.36. The molecule has 18 heavy (non-hydrogen) atoms. The van der Waals surface area contributed by atoms with Gasteiger partial charge in [0.25, 0.3) is 0 Å². The molecule has 2 rings (SSSR count). The van der Waals surface area contributed by atoms with Gasteiger partial charge in [-0.05, 0) is 69.8 Å². The Kier molecular flexibility index (Phi) is 5.80. The number of nitrogens with zero attached hydrogens (tertiary/aromatic N) is 2. The Morgan fingerprint density at radius 2 is 2.06 bits per heavy atom. The van der Waals surface area contributed by atoms with Crippen LogP contribution in [0.25, 0.3) is 0 Å². The maximum absolute atomic E-state index is 6.02. The highest BCUT2D eigenvalue weighted by Crippen LogP contribution is 2.29. The zero-order valence-corrected chi connectivity index (χ0v) is 12.8. The monoisotopic (exact) mass is 271 g/mol. The van der Waals surface area contributed by atoms with Crippen molar-refractivity contribution in [1.82, 2.24) is 9.80 Å². The summed E-state index contributed by atoms with van der Waals surface area (Å²) in [5.74, 6) is 4.37. The van der Waals surface area contributed by atoms with Crippen LogP contribution in [0, 0.1) is 11.8 Å². The molecule has 0 aromatic rings. The Bertz CT molecular complexity index is 235. The van der Waals surface area contributed by atoms with Crippen LogP contribution in [0.1, 0.15) is 19.3 Å². The van der Waals surface area contributed by atoms with Crippen molar-refractivity contribution in [3.05, 3.63) is 0 Å². The van der Waals surface area contributed by atoms with Gasteiger partial charge in [0.05, 0.1) is 0 Å². The third-order valence-corrected chi connectivity index (χ3v) is 5.89. The number of rotatable bonds is 5. The van der Waals surface area contributed by atoms with E-state index in [1.54, 1.807) is 0 Å². The second kappa shape index (κ2) is 7.13. The largest absolute Gasteiger partial charge is 0.329 e. The third-order valence-electron chi connectivity index (χ3n) is 4.70. The molecule has 2 aliphatic rings. The summed E-state index contributed by atoms with van der Waals surface area (Å²) in [4.78, 5) is 5.01. The summed E-state index contributed by atoms with van der Waals surface area (Å²) in [6.45, 7) is 4.61. The van der Waals surface area contributed by atoms with Crippen molar-refractivity contribution in [1.29, 1.82) is 0 Å². The van der Waals surface area contributed by atoms with Crippen molar-refractivity contribution in [3.8, 4) is 0 Å². The second-order valence-electron chi connectivity index (χ2n) is 6.11. The summed E-state index contributed by atoms with van der Waals surface area (Å²) in [6, 6.07) is 0.611. The molecule has 0 aromatic heterocycles. The van der Waals surface area contributed by atoms with Gasteiger partial charge in [-0.15, -0.1) is 0 Å². The van der Waals surface area contributed by atoms with Crippen molar-refractivity contribution < 1.29 is 0 Å². The Morgan fingerprint density at radius 3 is 2.61 bits per heavy atom. The van der Waals surface area contributed by atoms with E-state index in [1.165, 1.54) is 50.4 Å². The molecule has 2 aliphatic heterocycles. The first-order valence-corrected chi connectivity index (χ1v) is 8.52. The van der Waals surface area contributed by atoms with E-state index < -0.39 is 0 Å². The van der Waals surface area contributed by atoms with Gasteiger partial charge in [-0.3, -0.25) is 0 Å². The Labute approximate surface area is 116 Å². The van der Waals surface area contributed by atoms with E-state index in [-0.39, 0.29) is 0 Å². The van der Waals surface area contributed by atoms with E-state index in [9.17, 15) is 0 Å². The Hall–Kier alpha value is 0.230. The van der Waals surface area contributed by atoms with Crippen LogP contribution >= 0.6 is 11.8 Å². The molecule has 4 heteroatoms. The average molecular weight is 271 g/mol. The lowest BCUT2D eigenvalue weighted by Crippen LogP contribution is -2.46. The lowest BCUT2D eigenvalue weighted by atomic mass is 9.93. The van der Waals surface area contributed by atoms with E-state index >= 15 is 0 Å². The molecule has 2 heterocycles. The zero-order valence-electron chi connectivity index (χ0n) is 12.0. The van der Waals surface area contributed by atoms with Crippen LogP contribution in [0.4, 0.5) is 0 Å². The normalized spacial score (nSPS) is 29.0. The molecule has 2 N–H and O–H groups in total. The lowest BCUT2D eigenvalue weighted by molar-refractivity contribution is 0.129. The SMILES string of the molecule is CN1CCC(CN(C)C(CN)C2CCSC2)CC1. The van der Waals surface area contributed by atoms with Gasteiger partial charge in [0.1, 0.15) is 0 Å². The van der Waals surface area contributed by atoms with Crippen LogP contribution in [0.15, 0.2) is 0 Å². The van der Waals surface area contributed by atoms with Crippen molar-refractivity contribution in [3.63, 3.8) is 0 Å². The number of thioether (sulfide) groups is 1. The summed E-state index contributed by atoms with van der Waals surface area (Å²) in [5.41, 5.74) is 6.02. The molecular formula is C14H29N3S. The average Bonchev–Trinajstić information content (AvgIpc) is 2.87. The van der Waals surface area contributed by atoms with E-state index in [0.717, 1.165) is 18.4 Å². The first-order valence-electron chi connectivity index (χ1n) is 7.37. The molecule has 0 radical (unpaired) electrons. The summed E-state index contributed by atoms with van der Waals surface area (Å²) in [7, 11) is 4.53. The van der Waals surface area contributed by atoms with Gasteiger partial charge in [0.15, 0.2) is 0 Å². The number of hydrogen-bond donors (Lipinski definition) is 1. The fraction of sp³-hybridized carbons (Fsp3) is 1.00. The minimum atomic E-state index is 0.611. The summed E-state index contributed by atoms with van der Waals surface area (Å²) < 4.78 is 0. The molecule has 2 unspecified atom stereocenters. The highest BCUT2D eigenvalue weighted by molar-refractivity contribution is 7.99. The summed E-state index contributed by atoms with van der Waals surface area (Å²) in [6.07, 6.45) is 4.08. The van der Waals surface area contributed by atoms with E-state index in [2.05, 4.69) is 35.7 Å². The highest BCUT2D eigenvalue weighted by Gasteiger charge is 2.29. The van der Waals surface area contributed by atoms with Gasteiger partial charge in [-0.25, -0.2) is 0 Å². The minimum Gasteiger partial charge on any atom is -0.329 e. The fourth-order valence-corrected chi connectivity index (χ4v) is 4.70.